The Morgan fingerprint density at radius 2 is 1.76 bits per heavy atom. The molecule has 5 nitrogen and oxygen atoms in total. The first kappa shape index (κ1) is 20.4. The number of carbonyl (C=O) groups is 1. The van der Waals surface area contributed by atoms with Crippen molar-refractivity contribution in [2.24, 2.45) is 0 Å². The van der Waals surface area contributed by atoms with Crippen molar-refractivity contribution < 1.29 is 18.6 Å². The van der Waals surface area contributed by atoms with E-state index in [4.69, 9.17) is 36.9 Å². The fraction of sp³-hybridized carbons (Fsp3) is 0.462. The van der Waals surface area contributed by atoms with Crippen LogP contribution in [0.25, 0.3) is 0 Å². The van der Waals surface area contributed by atoms with E-state index >= 15 is 0 Å². The SMILES string of the molecule is C=O.COC(C)C(C)(C)NP(=O)(Cl)Oc1ccc(Cl)cc1. The average Bonchev–Trinajstić information content (AvgIpc) is 2.41. The number of halogens is 2. The molecule has 1 aromatic rings. The second-order valence-electron chi connectivity index (χ2n) is 4.74. The summed E-state index contributed by atoms with van der Waals surface area (Å²) in [6.07, 6.45) is -0.187. The first-order valence-electron chi connectivity index (χ1n) is 6.02. The smallest absolute Gasteiger partial charge is 0.409 e. The summed E-state index contributed by atoms with van der Waals surface area (Å²) in [6.45, 7) is 4.00. The Bertz CT molecular complexity index is 482. The maximum Gasteiger partial charge on any atom is 0.409 e. The summed E-state index contributed by atoms with van der Waals surface area (Å²) in [6, 6.07) is 6.48. The molecule has 0 bridgehead atoms. The van der Waals surface area contributed by atoms with Gasteiger partial charge < -0.3 is 14.1 Å². The van der Waals surface area contributed by atoms with E-state index in [1.54, 1.807) is 31.4 Å². The van der Waals surface area contributed by atoms with Crippen molar-refractivity contribution in [3.63, 3.8) is 0 Å². The third kappa shape index (κ3) is 7.30. The number of benzene rings is 1. The van der Waals surface area contributed by atoms with Gasteiger partial charge in [0.05, 0.1) is 6.10 Å². The van der Waals surface area contributed by atoms with Crippen LogP contribution in [0.1, 0.15) is 20.8 Å². The molecule has 0 amide bonds. The van der Waals surface area contributed by atoms with E-state index in [9.17, 15) is 4.57 Å². The van der Waals surface area contributed by atoms with Crippen molar-refractivity contribution >= 4 is 36.5 Å². The third-order valence-corrected chi connectivity index (χ3v) is 4.83. The van der Waals surface area contributed by atoms with Gasteiger partial charge in [-0.15, -0.1) is 0 Å². The molecule has 2 atom stereocenters. The standard InChI is InChI=1S/C12H18Cl2NO3P.CH2O/c1-9(17-4)12(2,3)15-19(14,16)18-11-7-5-10(13)6-8-11;1-2/h5-9H,1-4H3,(H,15,16);1H2. The number of hydrogen-bond donors (Lipinski definition) is 1. The van der Waals surface area contributed by atoms with Gasteiger partial charge in [-0.3, -0.25) is 0 Å². The van der Waals surface area contributed by atoms with Gasteiger partial charge in [0, 0.05) is 28.9 Å². The van der Waals surface area contributed by atoms with Crippen LogP contribution in [0.3, 0.4) is 0 Å². The molecule has 2 unspecified atom stereocenters. The zero-order valence-corrected chi connectivity index (χ0v) is 14.8. The Kier molecular flexibility index (Phi) is 8.52. The first-order chi connectivity index (χ1) is 9.66. The molecule has 0 aromatic heterocycles. The summed E-state index contributed by atoms with van der Waals surface area (Å²) in [5.74, 6) is 0.385. The molecule has 0 heterocycles. The van der Waals surface area contributed by atoms with Crippen LogP contribution in [-0.4, -0.2) is 25.5 Å². The number of ether oxygens (including phenoxy) is 1. The van der Waals surface area contributed by atoms with Gasteiger partial charge in [-0.25, -0.2) is 9.65 Å². The van der Waals surface area contributed by atoms with Gasteiger partial charge >= 0.3 is 6.87 Å². The Morgan fingerprint density at radius 1 is 1.29 bits per heavy atom. The number of rotatable bonds is 6. The number of hydrogen-bond acceptors (Lipinski definition) is 4. The number of carbonyl (C=O) groups excluding carboxylic acids is 1. The third-order valence-electron chi connectivity index (χ3n) is 2.83. The molecule has 0 radical (unpaired) electrons. The van der Waals surface area contributed by atoms with Crippen molar-refractivity contribution in [1.82, 2.24) is 5.09 Å². The van der Waals surface area contributed by atoms with Crippen LogP contribution in [0.4, 0.5) is 0 Å². The Hall–Kier alpha value is -0.580. The highest BCUT2D eigenvalue weighted by Crippen LogP contribution is 2.50. The van der Waals surface area contributed by atoms with Crippen molar-refractivity contribution in [2.75, 3.05) is 7.11 Å². The number of methoxy groups -OCH3 is 1. The Labute approximate surface area is 135 Å². The van der Waals surface area contributed by atoms with Crippen molar-refractivity contribution in [3.8, 4) is 5.75 Å². The molecular weight excluding hydrogens is 336 g/mol. The molecule has 8 heteroatoms. The molecular formula is C13H20Cl2NO4P. The van der Waals surface area contributed by atoms with Crippen molar-refractivity contribution in [1.29, 1.82) is 0 Å². The summed E-state index contributed by atoms with van der Waals surface area (Å²) in [5.41, 5.74) is -0.599. The topological polar surface area (TPSA) is 64.6 Å². The highest BCUT2D eigenvalue weighted by Gasteiger charge is 2.35. The van der Waals surface area contributed by atoms with Gasteiger partial charge in [0.15, 0.2) is 0 Å². The predicted octanol–water partition coefficient (Wildman–Crippen LogP) is 4.28. The van der Waals surface area contributed by atoms with Gasteiger partial charge in [0.25, 0.3) is 0 Å². The van der Waals surface area contributed by atoms with E-state index in [1.165, 1.54) is 0 Å². The summed E-state index contributed by atoms with van der Waals surface area (Å²) in [4.78, 5) is 8.00. The fourth-order valence-electron chi connectivity index (χ4n) is 1.38. The fourth-order valence-corrected chi connectivity index (χ4v) is 3.71. The quantitative estimate of drug-likeness (QED) is 0.771. The van der Waals surface area contributed by atoms with Gasteiger partial charge in [0.1, 0.15) is 12.5 Å². The van der Waals surface area contributed by atoms with Crippen LogP contribution in [0.5, 0.6) is 5.75 Å². The maximum absolute atomic E-state index is 12.2. The highest BCUT2D eigenvalue weighted by atomic mass is 35.7. The summed E-state index contributed by atoms with van der Waals surface area (Å²) in [5, 5.41) is 3.35. The maximum atomic E-state index is 12.2. The lowest BCUT2D eigenvalue weighted by atomic mass is 10.0. The van der Waals surface area contributed by atoms with E-state index < -0.39 is 12.4 Å². The second kappa shape index (κ2) is 8.76. The van der Waals surface area contributed by atoms with Crippen molar-refractivity contribution in [2.45, 2.75) is 32.4 Å². The molecule has 0 saturated heterocycles. The van der Waals surface area contributed by atoms with Crippen LogP contribution in [-0.2, 0) is 14.1 Å². The minimum Gasteiger partial charge on any atom is -0.422 e. The lowest BCUT2D eigenvalue weighted by Gasteiger charge is -2.33. The zero-order chi connectivity index (χ0) is 16.7. The first-order valence-corrected chi connectivity index (χ1v) is 8.93. The van der Waals surface area contributed by atoms with Crippen LogP contribution < -0.4 is 9.61 Å². The highest BCUT2D eigenvalue weighted by molar-refractivity contribution is 7.84. The predicted molar refractivity (Wildman–Crippen MR) is 86.3 cm³/mol. The van der Waals surface area contributed by atoms with Gasteiger partial charge in [-0.2, -0.15) is 0 Å². The summed E-state index contributed by atoms with van der Waals surface area (Å²) in [7, 11) is 1.58. The summed E-state index contributed by atoms with van der Waals surface area (Å²) < 4.78 is 22.7. The van der Waals surface area contributed by atoms with Crippen molar-refractivity contribution in [3.05, 3.63) is 29.3 Å². The van der Waals surface area contributed by atoms with E-state index in [1.807, 2.05) is 27.6 Å². The Balaban J connectivity index is 0.00000191. The molecule has 21 heavy (non-hydrogen) atoms. The average molecular weight is 356 g/mol. The minimum atomic E-state index is -3.52. The molecule has 0 fully saturated rings. The summed E-state index contributed by atoms with van der Waals surface area (Å²) >= 11 is 11.7. The number of nitrogens with one attached hydrogen (secondary N) is 1. The monoisotopic (exact) mass is 355 g/mol. The molecule has 0 aliphatic heterocycles. The minimum absolute atomic E-state index is 0.187. The van der Waals surface area contributed by atoms with Crippen LogP contribution in [0.15, 0.2) is 24.3 Å². The van der Waals surface area contributed by atoms with Gasteiger partial charge in [-0.05, 0) is 45.0 Å². The van der Waals surface area contributed by atoms with Crippen LogP contribution in [0.2, 0.25) is 5.02 Å². The molecule has 0 aliphatic carbocycles. The van der Waals surface area contributed by atoms with E-state index in [-0.39, 0.29) is 6.10 Å². The zero-order valence-electron chi connectivity index (χ0n) is 12.4. The second-order valence-corrected chi connectivity index (χ2v) is 7.87. The van der Waals surface area contributed by atoms with E-state index in [0.717, 1.165) is 0 Å². The van der Waals surface area contributed by atoms with E-state index in [0.29, 0.717) is 10.8 Å². The molecule has 0 aliphatic rings. The van der Waals surface area contributed by atoms with Crippen LogP contribution in [0, 0.1) is 0 Å². The molecule has 1 aromatic carbocycles. The lowest BCUT2D eigenvalue weighted by Crippen LogP contribution is -2.47. The largest absolute Gasteiger partial charge is 0.422 e. The van der Waals surface area contributed by atoms with Gasteiger partial charge in [0.2, 0.25) is 0 Å². The molecule has 0 spiro atoms. The molecule has 1 N–H and O–H groups in total. The van der Waals surface area contributed by atoms with Gasteiger partial charge in [-0.1, -0.05) is 11.6 Å². The Morgan fingerprint density at radius 3 is 2.19 bits per heavy atom. The molecule has 1 rings (SSSR count). The normalized spacial score (nSPS) is 15.3. The van der Waals surface area contributed by atoms with E-state index in [2.05, 4.69) is 5.09 Å². The lowest BCUT2D eigenvalue weighted by molar-refractivity contribution is -0.0979. The molecule has 120 valence electrons. The van der Waals surface area contributed by atoms with Crippen LogP contribution >= 0.6 is 29.7 Å². The molecule has 0 saturated carbocycles.